The fraction of sp³-hybridized carbons (Fsp3) is 0.133. The molecule has 2 N–H and O–H groups in total. The number of nitrogens with one attached hydrogen (secondary N) is 2. The van der Waals surface area contributed by atoms with Crippen LogP contribution in [0.15, 0.2) is 72.0 Å². The van der Waals surface area contributed by atoms with Crippen LogP contribution in [0.5, 0.6) is 0 Å². The van der Waals surface area contributed by atoms with Crippen molar-refractivity contribution in [2.75, 3.05) is 11.0 Å². The standard InChI is InChI=1S/C30H23ClF2N8O2S/c1-40-27-25(6-5-22(31)26(27)28(38-40)39-44-2)41-29(24(36-15-42)9-16-7-19(32)11-20(33)8-16)37-23-10-17(3-4-21(23)30(41)43)18-12-34-14-35-13-18/h3-8,10-15,24H,9H2,1-2H3,(H,36,42)(H,38,39). The molecule has 10 nitrogen and oxygen atoms in total. The second-order valence-corrected chi connectivity index (χ2v) is 10.9. The lowest BCUT2D eigenvalue weighted by Crippen LogP contribution is -2.32. The van der Waals surface area contributed by atoms with Gasteiger partial charge < -0.3 is 10.0 Å². The number of fused-ring (bicyclic) bond motifs is 2. The summed E-state index contributed by atoms with van der Waals surface area (Å²) in [4.78, 5) is 39.4. The number of anilines is 1. The van der Waals surface area contributed by atoms with Gasteiger partial charge in [0.15, 0.2) is 5.82 Å². The third-order valence-electron chi connectivity index (χ3n) is 7.09. The third-order valence-corrected chi connectivity index (χ3v) is 7.80. The Morgan fingerprint density at radius 3 is 2.50 bits per heavy atom. The molecule has 0 saturated carbocycles. The summed E-state index contributed by atoms with van der Waals surface area (Å²) in [6.07, 6.45) is 6.92. The molecule has 0 fully saturated rings. The average molecular weight is 633 g/mol. The molecule has 0 aliphatic heterocycles. The van der Waals surface area contributed by atoms with Crippen molar-refractivity contribution < 1.29 is 13.6 Å². The fourth-order valence-electron chi connectivity index (χ4n) is 5.28. The van der Waals surface area contributed by atoms with E-state index in [0.717, 1.165) is 6.07 Å². The SMILES string of the molecule is CSNc1nn(C)c2c(-n3c(C(Cc4cc(F)cc(F)c4)NC=O)nc4cc(-c5cncnc5)ccc4c3=O)ccc(Cl)c12. The van der Waals surface area contributed by atoms with Gasteiger partial charge in [-0.2, -0.15) is 5.10 Å². The van der Waals surface area contributed by atoms with Crippen molar-refractivity contribution in [2.24, 2.45) is 7.05 Å². The highest BCUT2D eigenvalue weighted by Crippen LogP contribution is 2.36. The summed E-state index contributed by atoms with van der Waals surface area (Å²) in [5.74, 6) is -0.916. The molecule has 0 radical (unpaired) electrons. The maximum Gasteiger partial charge on any atom is 0.266 e. The molecule has 1 amide bonds. The number of aryl methyl sites for hydroxylation is 1. The van der Waals surface area contributed by atoms with Crippen LogP contribution in [0.1, 0.15) is 17.4 Å². The minimum Gasteiger partial charge on any atom is -0.348 e. The molecule has 0 aliphatic carbocycles. The number of amides is 1. The van der Waals surface area contributed by atoms with Gasteiger partial charge >= 0.3 is 0 Å². The summed E-state index contributed by atoms with van der Waals surface area (Å²) in [5.41, 5.74) is 2.51. The molecule has 0 saturated heterocycles. The van der Waals surface area contributed by atoms with Gasteiger partial charge in [0.2, 0.25) is 6.41 Å². The van der Waals surface area contributed by atoms with Crippen LogP contribution in [-0.4, -0.2) is 42.0 Å². The molecule has 6 rings (SSSR count). The normalized spacial score (nSPS) is 12.0. The van der Waals surface area contributed by atoms with Gasteiger partial charge in [0.1, 0.15) is 23.8 Å². The Balaban J connectivity index is 1.66. The molecule has 222 valence electrons. The first-order valence-corrected chi connectivity index (χ1v) is 14.8. The van der Waals surface area contributed by atoms with Gasteiger partial charge in [0.25, 0.3) is 5.56 Å². The Labute approximate surface area is 258 Å². The van der Waals surface area contributed by atoms with E-state index in [4.69, 9.17) is 16.6 Å². The predicted octanol–water partition coefficient (Wildman–Crippen LogP) is 5.38. The van der Waals surface area contributed by atoms with Gasteiger partial charge in [-0.1, -0.05) is 29.6 Å². The third kappa shape index (κ3) is 5.35. The highest BCUT2D eigenvalue weighted by atomic mass is 35.5. The van der Waals surface area contributed by atoms with Crippen molar-refractivity contribution in [1.82, 2.24) is 34.6 Å². The molecule has 0 spiro atoms. The fourth-order valence-corrected chi connectivity index (χ4v) is 5.85. The topological polar surface area (TPSA) is 120 Å². The van der Waals surface area contributed by atoms with Crippen LogP contribution in [0, 0.1) is 11.6 Å². The van der Waals surface area contributed by atoms with Gasteiger partial charge in [-0.05, 0) is 47.5 Å². The average Bonchev–Trinajstić information content (AvgIpc) is 3.34. The first kappa shape index (κ1) is 29.2. The molecular formula is C30H23ClF2N8O2S. The second-order valence-electron chi connectivity index (χ2n) is 9.86. The largest absolute Gasteiger partial charge is 0.348 e. The molecular weight excluding hydrogens is 610 g/mol. The summed E-state index contributed by atoms with van der Waals surface area (Å²) in [5, 5.41) is 8.54. The summed E-state index contributed by atoms with van der Waals surface area (Å²) in [6.45, 7) is 0. The minimum absolute atomic E-state index is 0.0705. The monoisotopic (exact) mass is 632 g/mol. The maximum absolute atomic E-state index is 14.4. The summed E-state index contributed by atoms with van der Waals surface area (Å²) < 4.78 is 34.4. The number of hydrogen-bond acceptors (Lipinski definition) is 8. The summed E-state index contributed by atoms with van der Waals surface area (Å²) >= 11 is 7.96. The summed E-state index contributed by atoms with van der Waals surface area (Å²) in [7, 11) is 1.72. The molecule has 1 atom stereocenters. The quantitative estimate of drug-likeness (QED) is 0.161. The van der Waals surface area contributed by atoms with E-state index in [0.29, 0.717) is 55.9 Å². The Bertz CT molecular complexity index is 2090. The van der Waals surface area contributed by atoms with Gasteiger partial charge in [0.05, 0.1) is 38.6 Å². The van der Waals surface area contributed by atoms with Crippen LogP contribution in [0.4, 0.5) is 14.6 Å². The van der Waals surface area contributed by atoms with Gasteiger partial charge in [-0.25, -0.2) is 23.7 Å². The first-order chi connectivity index (χ1) is 21.3. The zero-order valence-electron chi connectivity index (χ0n) is 23.3. The van der Waals surface area contributed by atoms with Crippen molar-refractivity contribution in [3.05, 3.63) is 106 Å². The Morgan fingerprint density at radius 1 is 1.05 bits per heavy atom. The lowest BCUT2D eigenvalue weighted by Gasteiger charge is -2.22. The van der Waals surface area contributed by atoms with Crippen LogP contribution in [0.3, 0.4) is 0 Å². The lowest BCUT2D eigenvalue weighted by molar-refractivity contribution is -0.110. The predicted molar refractivity (Wildman–Crippen MR) is 167 cm³/mol. The Hall–Kier alpha value is -4.88. The van der Waals surface area contributed by atoms with E-state index in [1.165, 1.54) is 35.0 Å². The van der Waals surface area contributed by atoms with Crippen molar-refractivity contribution in [3.63, 3.8) is 0 Å². The van der Waals surface area contributed by atoms with Crippen LogP contribution in [0.25, 0.3) is 38.6 Å². The van der Waals surface area contributed by atoms with E-state index in [1.54, 1.807) is 54.5 Å². The van der Waals surface area contributed by atoms with E-state index >= 15 is 0 Å². The number of rotatable bonds is 9. The highest BCUT2D eigenvalue weighted by Gasteiger charge is 2.26. The van der Waals surface area contributed by atoms with E-state index < -0.39 is 23.2 Å². The number of carbonyl (C=O) groups is 1. The Kier molecular flexibility index (Phi) is 7.97. The first-order valence-electron chi connectivity index (χ1n) is 13.2. The number of carbonyl (C=O) groups excluding carboxylic acids is 1. The maximum atomic E-state index is 14.4. The van der Waals surface area contributed by atoms with Crippen molar-refractivity contribution in [2.45, 2.75) is 12.5 Å². The van der Waals surface area contributed by atoms with E-state index in [1.807, 2.05) is 6.26 Å². The number of hydrogen-bond donors (Lipinski definition) is 2. The van der Waals surface area contributed by atoms with Crippen LogP contribution in [-0.2, 0) is 18.3 Å². The number of nitrogens with zero attached hydrogens (tertiary/aromatic N) is 6. The molecule has 3 aromatic heterocycles. The zero-order chi connectivity index (χ0) is 31.0. The molecule has 0 aliphatic rings. The van der Waals surface area contributed by atoms with Crippen LogP contribution in [0.2, 0.25) is 5.02 Å². The van der Waals surface area contributed by atoms with Crippen LogP contribution < -0.4 is 15.6 Å². The van der Waals surface area contributed by atoms with Gasteiger partial charge in [0, 0.05) is 43.7 Å². The zero-order valence-corrected chi connectivity index (χ0v) is 24.8. The number of benzene rings is 3. The van der Waals surface area contributed by atoms with Crippen molar-refractivity contribution >= 4 is 57.6 Å². The van der Waals surface area contributed by atoms with E-state index in [9.17, 15) is 18.4 Å². The van der Waals surface area contributed by atoms with Crippen molar-refractivity contribution in [3.8, 4) is 16.8 Å². The van der Waals surface area contributed by atoms with E-state index in [2.05, 4.69) is 25.1 Å². The molecule has 3 heterocycles. The minimum atomic E-state index is -0.975. The second kappa shape index (κ2) is 12.0. The van der Waals surface area contributed by atoms with Crippen LogP contribution >= 0.6 is 23.5 Å². The summed E-state index contributed by atoms with van der Waals surface area (Å²) in [6, 6.07) is 10.6. The molecule has 3 aromatic carbocycles. The van der Waals surface area contributed by atoms with E-state index in [-0.39, 0.29) is 17.8 Å². The molecule has 14 heteroatoms. The highest BCUT2D eigenvalue weighted by molar-refractivity contribution is 7.99. The number of halogens is 3. The molecule has 44 heavy (non-hydrogen) atoms. The molecule has 6 aromatic rings. The van der Waals surface area contributed by atoms with Crippen molar-refractivity contribution in [1.29, 1.82) is 0 Å². The van der Waals surface area contributed by atoms with Gasteiger partial charge in [-0.3, -0.25) is 18.8 Å². The lowest BCUT2D eigenvalue weighted by atomic mass is 10.0. The number of aromatic nitrogens is 6. The molecule has 0 bridgehead atoms. The molecule has 1 unspecified atom stereocenters. The Morgan fingerprint density at radius 2 is 1.80 bits per heavy atom. The van der Waals surface area contributed by atoms with Gasteiger partial charge in [-0.15, -0.1) is 0 Å². The smallest absolute Gasteiger partial charge is 0.266 e.